The van der Waals surface area contributed by atoms with Crippen molar-refractivity contribution in [3.8, 4) is 11.5 Å². The molecule has 2 rings (SSSR count). The van der Waals surface area contributed by atoms with Gasteiger partial charge in [-0.3, -0.25) is 4.79 Å². The second-order valence-electron chi connectivity index (χ2n) is 4.38. The maximum absolute atomic E-state index is 11.7. The van der Waals surface area contributed by atoms with Crippen LogP contribution >= 0.6 is 28.3 Å². The molecular weight excluding hydrogens is 364 g/mol. The average Bonchev–Trinajstić information content (AvgIpc) is 2.45. The van der Waals surface area contributed by atoms with Crippen molar-refractivity contribution < 1.29 is 19.0 Å². The summed E-state index contributed by atoms with van der Waals surface area (Å²) in [6.07, 6.45) is 0. The molecule has 1 amide bonds. The van der Waals surface area contributed by atoms with E-state index < -0.39 is 6.04 Å². The maximum Gasteiger partial charge on any atom is 0.239 e. The fourth-order valence-corrected chi connectivity index (χ4v) is 2.45. The van der Waals surface area contributed by atoms with Crippen LogP contribution in [-0.4, -0.2) is 38.9 Å². The number of rotatable bonds is 5. The molecule has 0 aromatic heterocycles. The zero-order chi connectivity index (χ0) is 14.5. The predicted molar refractivity (Wildman–Crippen MR) is 84.1 cm³/mol. The van der Waals surface area contributed by atoms with Gasteiger partial charge in [-0.15, -0.1) is 12.4 Å². The molecular formula is C13H18BrClN2O4. The van der Waals surface area contributed by atoms with E-state index in [0.29, 0.717) is 31.3 Å². The number of methoxy groups -OCH3 is 1. The minimum absolute atomic E-state index is 0. The van der Waals surface area contributed by atoms with Gasteiger partial charge < -0.3 is 25.3 Å². The van der Waals surface area contributed by atoms with Crippen LogP contribution in [0.15, 0.2) is 16.6 Å². The quantitative estimate of drug-likeness (QED) is 0.802. The summed E-state index contributed by atoms with van der Waals surface area (Å²) in [5.74, 6) is 1.12. The summed E-state index contributed by atoms with van der Waals surface area (Å²) < 4.78 is 16.7. The zero-order valence-corrected chi connectivity index (χ0v) is 14.0. The lowest BCUT2D eigenvalue weighted by Crippen LogP contribution is -2.43. The van der Waals surface area contributed by atoms with Gasteiger partial charge in [0.2, 0.25) is 5.91 Å². The summed E-state index contributed by atoms with van der Waals surface area (Å²) in [5.41, 5.74) is 6.54. The highest BCUT2D eigenvalue weighted by Crippen LogP contribution is 2.38. The predicted octanol–water partition coefficient (Wildman–Crippen LogP) is 1.23. The number of hydrogen-bond donors (Lipinski definition) is 2. The van der Waals surface area contributed by atoms with Crippen molar-refractivity contribution in [1.29, 1.82) is 0 Å². The molecule has 0 aliphatic carbocycles. The van der Waals surface area contributed by atoms with Crippen LogP contribution in [0.1, 0.15) is 5.56 Å². The van der Waals surface area contributed by atoms with E-state index in [1.165, 1.54) is 7.11 Å². The Kier molecular flexibility index (Phi) is 7.24. The molecule has 8 heteroatoms. The Hall–Kier alpha value is -1.02. The molecule has 21 heavy (non-hydrogen) atoms. The first kappa shape index (κ1) is 18.0. The van der Waals surface area contributed by atoms with Gasteiger partial charge >= 0.3 is 0 Å². The number of benzene rings is 1. The van der Waals surface area contributed by atoms with E-state index in [1.807, 2.05) is 12.1 Å². The van der Waals surface area contributed by atoms with Gasteiger partial charge in [0, 0.05) is 13.7 Å². The summed E-state index contributed by atoms with van der Waals surface area (Å²) in [4.78, 5) is 11.7. The highest BCUT2D eigenvalue weighted by Gasteiger charge is 2.17. The second-order valence-corrected chi connectivity index (χ2v) is 5.24. The van der Waals surface area contributed by atoms with Crippen molar-refractivity contribution in [3.63, 3.8) is 0 Å². The third-order valence-corrected chi connectivity index (χ3v) is 3.40. The normalized spacial score (nSPS) is 14.0. The maximum atomic E-state index is 11.7. The smallest absolute Gasteiger partial charge is 0.239 e. The summed E-state index contributed by atoms with van der Waals surface area (Å²) in [7, 11) is 1.51. The number of carbonyl (C=O) groups excluding carboxylic acids is 1. The standard InChI is InChI=1S/C13H17BrN2O4.ClH/c1-18-7-10(15)13(17)16-6-8-4-9(14)12-11(5-8)19-2-3-20-12;/h4-5,10H,2-3,6-7,15H2,1H3,(H,16,17);1H. The number of carbonyl (C=O) groups is 1. The molecule has 0 saturated heterocycles. The van der Waals surface area contributed by atoms with Crippen molar-refractivity contribution in [2.45, 2.75) is 12.6 Å². The zero-order valence-electron chi connectivity index (χ0n) is 11.6. The van der Waals surface area contributed by atoms with Crippen LogP contribution in [0.2, 0.25) is 0 Å². The highest BCUT2D eigenvalue weighted by atomic mass is 79.9. The molecule has 1 unspecified atom stereocenters. The molecule has 1 atom stereocenters. The van der Waals surface area contributed by atoms with Crippen molar-refractivity contribution in [2.24, 2.45) is 5.73 Å². The Bertz CT molecular complexity index is 501. The Balaban J connectivity index is 0.00000220. The Morgan fingerprint density at radius 3 is 2.90 bits per heavy atom. The van der Waals surface area contributed by atoms with Crippen LogP contribution in [0.5, 0.6) is 11.5 Å². The van der Waals surface area contributed by atoms with Gasteiger partial charge in [0.05, 0.1) is 11.1 Å². The average molecular weight is 382 g/mol. The molecule has 3 N–H and O–H groups in total. The lowest BCUT2D eigenvalue weighted by Gasteiger charge is -2.20. The van der Waals surface area contributed by atoms with Gasteiger partial charge in [0.25, 0.3) is 0 Å². The van der Waals surface area contributed by atoms with E-state index in [0.717, 1.165) is 10.0 Å². The lowest BCUT2D eigenvalue weighted by molar-refractivity contribution is -0.123. The van der Waals surface area contributed by atoms with Crippen molar-refractivity contribution in [2.75, 3.05) is 26.9 Å². The van der Waals surface area contributed by atoms with Crippen molar-refractivity contribution >= 4 is 34.2 Å². The summed E-state index contributed by atoms with van der Waals surface area (Å²) in [6.45, 7) is 1.61. The van der Waals surface area contributed by atoms with E-state index in [2.05, 4.69) is 21.2 Å². The lowest BCUT2D eigenvalue weighted by atomic mass is 10.2. The minimum Gasteiger partial charge on any atom is -0.486 e. The molecule has 118 valence electrons. The number of amides is 1. The molecule has 1 aromatic carbocycles. The number of fused-ring (bicyclic) bond motifs is 1. The Labute approximate surface area is 137 Å². The van der Waals surface area contributed by atoms with Gasteiger partial charge in [0.15, 0.2) is 11.5 Å². The van der Waals surface area contributed by atoms with Gasteiger partial charge in [-0.1, -0.05) is 0 Å². The Morgan fingerprint density at radius 2 is 2.19 bits per heavy atom. The van der Waals surface area contributed by atoms with Gasteiger partial charge in [-0.2, -0.15) is 0 Å². The number of nitrogens with one attached hydrogen (secondary N) is 1. The summed E-state index contributed by atoms with van der Waals surface area (Å²) in [5, 5.41) is 2.76. The van der Waals surface area contributed by atoms with E-state index in [4.69, 9.17) is 19.9 Å². The molecule has 0 radical (unpaired) electrons. The van der Waals surface area contributed by atoms with Gasteiger partial charge in [0.1, 0.15) is 19.3 Å². The second kappa shape index (κ2) is 8.43. The number of hydrogen-bond acceptors (Lipinski definition) is 5. The van der Waals surface area contributed by atoms with Crippen LogP contribution in [-0.2, 0) is 16.1 Å². The number of nitrogens with two attached hydrogens (primary N) is 1. The van der Waals surface area contributed by atoms with E-state index in [9.17, 15) is 4.79 Å². The highest BCUT2D eigenvalue weighted by molar-refractivity contribution is 9.10. The fourth-order valence-electron chi connectivity index (χ4n) is 1.84. The van der Waals surface area contributed by atoms with Gasteiger partial charge in [-0.05, 0) is 33.6 Å². The summed E-state index contributed by atoms with van der Waals surface area (Å²) in [6, 6.07) is 3.07. The van der Waals surface area contributed by atoms with Crippen LogP contribution in [0.4, 0.5) is 0 Å². The van der Waals surface area contributed by atoms with Crippen LogP contribution < -0.4 is 20.5 Å². The molecule has 1 heterocycles. The summed E-state index contributed by atoms with van der Waals surface area (Å²) >= 11 is 3.43. The first-order chi connectivity index (χ1) is 9.61. The van der Waals surface area contributed by atoms with E-state index in [-0.39, 0.29) is 24.9 Å². The van der Waals surface area contributed by atoms with Crippen LogP contribution in [0, 0.1) is 0 Å². The molecule has 0 bridgehead atoms. The monoisotopic (exact) mass is 380 g/mol. The fraction of sp³-hybridized carbons (Fsp3) is 0.462. The Morgan fingerprint density at radius 1 is 1.48 bits per heavy atom. The van der Waals surface area contributed by atoms with Crippen LogP contribution in [0.3, 0.4) is 0 Å². The molecule has 0 spiro atoms. The number of ether oxygens (including phenoxy) is 3. The van der Waals surface area contributed by atoms with E-state index in [1.54, 1.807) is 0 Å². The first-order valence-corrected chi connectivity index (χ1v) is 7.01. The third kappa shape index (κ3) is 4.74. The SMILES string of the molecule is COCC(N)C(=O)NCc1cc(Br)c2c(c1)OCCO2.Cl. The molecule has 0 fully saturated rings. The number of halogens is 2. The minimum atomic E-state index is -0.666. The molecule has 6 nitrogen and oxygen atoms in total. The van der Waals surface area contributed by atoms with Crippen LogP contribution in [0.25, 0.3) is 0 Å². The molecule has 0 saturated carbocycles. The van der Waals surface area contributed by atoms with Crippen molar-refractivity contribution in [3.05, 3.63) is 22.2 Å². The first-order valence-electron chi connectivity index (χ1n) is 6.22. The van der Waals surface area contributed by atoms with E-state index >= 15 is 0 Å². The van der Waals surface area contributed by atoms with Gasteiger partial charge in [-0.25, -0.2) is 0 Å². The van der Waals surface area contributed by atoms with Crippen molar-refractivity contribution in [1.82, 2.24) is 5.32 Å². The molecule has 1 aliphatic rings. The largest absolute Gasteiger partial charge is 0.486 e. The third-order valence-electron chi connectivity index (χ3n) is 2.81. The molecule has 1 aliphatic heterocycles. The molecule has 1 aromatic rings. The topological polar surface area (TPSA) is 82.8 Å².